The fraction of sp³-hybridized carbons (Fsp3) is 0.900. The lowest BCUT2D eigenvalue weighted by Crippen LogP contribution is -2.38. The van der Waals surface area contributed by atoms with Crippen LogP contribution in [0, 0.1) is 5.41 Å². The van der Waals surface area contributed by atoms with Gasteiger partial charge in [-0.2, -0.15) is 0 Å². The lowest BCUT2D eigenvalue weighted by atomic mass is 9.98. The predicted molar refractivity (Wildman–Crippen MR) is 52.6 cm³/mol. The Morgan fingerprint density at radius 1 is 1.44 bits per heavy atom. The molecule has 6 heteroatoms. The van der Waals surface area contributed by atoms with E-state index in [1.54, 1.807) is 20.8 Å². The van der Waals surface area contributed by atoms with E-state index in [1.807, 2.05) is 0 Å². The topological polar surface area (TPSA) is 38.8 Å². The van der Waals surface area contributed by atoms with Gasteiger partial charge in [-0.1, -0.05) is 0 Å². The number of hydroxylamine groups is 2. The molecule has 1 rings (SSSR count). The molecule has 16 heavy (non-hydrogen) atoms. The van der Waals surface area contributed by atoms with Crippen LogP contribution in [0.3, 0.4) is 0 Å². The molecule has 0 bridgehead atoms. The number of hydrogen-bond acceptors (Lipinski definition) is 4. The first-order chi connectivity index (χ1) is 7.15. The van der Waals surface area contributed by atoms with E-state index in [9.17, 15) is 13.6 Å². The summed E-state index contributed by atoms with van der Waals surface area (Å²) in [5, 5.41) is 0.910. The van der Waals surface area contributed by atoms with E-state index in [2.05, 4.69) is 0 Å². The normalized spacial score (nSPS) is 25.8. The molecule has 0 aliphatic carbocycles. The lowest BCUT2D eigenvalue weighted by molar-refractivity contribution is -0.234. The zero-order chi connectivity index (χ0) is 12.6. The van der Waals surface area contributed by atoms with Crippen molar-refractivity contribution in [3.05, 3.63) is 0 Å². The Hall–Kier alpha value is -0.750. The average molecular weight is 237 g/mol. The highest BCUT2D eigenvalue weighted by molar-refractivity contribution is 5.75. The molecule has 1 unspecified atom stereocenters. The minimum absolute atomic E-state index is 0.457. The van der Waals surface area contributed by atoms with Crippen LogP contribution in [0.2, 0.25) is 0 Å². The summed E-state index contributed by atoms with van der Waals surface area (Å²) in [6.07, 6.45) is -1.33. The molecule has 0 aromatic heterocycles. The summed E-state index contributed by atoms with van der Waals surface area (Å²) in [6.45, 7) is 4.36. The molecule has 1 aliphatic heterocycles. The summed E-state index contributed by atoms with van der Waals surface area (Å²) in [7, 11) is 1.31. The molecule has 0 N–H and O–H groups in total. The van der Waals surface area contributed by atoms with E-state index in [4.69, 9.17) is 9.57 Å². The van der Waals surface area contributed by atoms with Crippen LogP contribution in [0.25, 0.3) is 0 Å². The van der Waals surface area contributed by atoms with Gasteiger partial charge in [-0.15, -0.1) is 5.06 Å². The predicted octanol–water partition coefficient (Wildman–Crippen LogP) is 1.80. The van der Waals surface area contributed by atoms with Gasteiger partial charge >= 0.3 is 5.97 Å². The zero-order valence-electron chi connectivity index (χ0n) is 9.92. The van der Waals surface area contributed by atoms with E-state index < -0.39 is 36.5 Å². The highest BCUT2D eigenvalue weighted by Gasteiger charge is 2.48. The average Bonchev–Trinajstić information content (AvgIpc) is 2.39. The standard InChI is InChI=1S/C10H17F2NO3/c1-9(2,3)8(14)16-13-6-10(11,12)5-7(13)15-4/h7H,5-6H2,1-4H3. The molecule has 0 spiro atoms. The molecule has 1 atom stereocenters. The molecule has 4 nitrogen and oxygen atoms in total. The molecule has 0 aromatic carbocycles. The summed E-state index contributed by atoms with van der Waals surface area (Å²) in [5.74, 6) is -3.42. The molecule has 0 saturated carbocycles. The summed E-state index contributed by atoms with van der Waals surface area (Å²) < 4.78 is 31.0. The largest absolute Gasteiger partial charge is 0.365 e. The van der Waals surface area contributed by atoms with Gasteiger partial charge in [-0.3, -0.25) is 0 Å². The molecule has 94 valence electrons. The highest BCUT2D eigenvalue weighted by atomic mass is 19.3. The number of hydrogen-bond donors (Lipinski definition) is 0. The molecule has 0 radical (unpaired) electrons. The Kier molecular flexibility index (Phi) is 3.54. The van der Waals surface area contributed by atoms with Gasteiger partial charge in [0.15, 0.2) is 0 Å². The number of halogens is 2. The highest BCUT2D eigenvalue weighted by Crippen LogP contribution is 2.33. The smallest absolute Gasteiger partial charge is 0.330 e. The van der Waals surface area contributed by atoms with Gasteiger partial charge in [-0.05, 0) is 20.8 Å². The van der Waals surface area contributed by atoms with Gasteiger partial charge in [0, 0.05) is 7.11 Å². The summed E-state index contributed by atoms with van der Waals surface area (Å²) in [6, 6.07) is 0. The quantitative estimate of drug-likeness (QED) is 0.734. The number of methoxy groups -OCH3 is 1. The van der Waals surface area contributed by atoms with E-state index in [-0.39, 0.29) is 0 Å². The Balaban J connectivity index is 2.64. The monoisotopic (exact) mass is 237 g/mol. The SMILES string of the molecule is COC1CC(F)(F)CN1OC(=O)C(C)(C)C. The molecule has 0 amide bonds. The van der Waals surface area contributed by atoms with Crippen molar-refractivity contribution in [1.29, 1.82) is 0 Å². The van der Waals surface area contributed by atoms with Crippen LogP contribution in [0.1, 0.15) is 27.2 Å². The van der Waals surface area contributed by atoms with Crippen LogP contribution in [-0.4, -0.2) is 36.8 Å². The fourth-order valence-corrected chi connectivity index (χ4v) is 1.29. The Labute approximate surface area is 93.5 Å². The lowest BCUT2D eigenvalue weighted by Gasteiger charge is -2.25. The maximum absolute atomic E-state index is 13.1. The first-order valence-corrected chi connectivity index (χ1v) is 5.05. The van der Waals surface area contributed by atoms with Gasteiger partial charge in [0.1, 0.15) is 12.8 Å². The number of ether oxygens (including phenoxy) is 1. The maximum Gasteiger partial charge on any atom is 0.330 e. The second-order valence-corrected chi connectivity index (χ2v) is 4.95. The number of carbonyl (C=O) groups is 1. The van der Waals surface area contributed by atoms with E-state index in [0.29, 0.717) is 0 Å². The summed E-state index contributed by atoms with van der Waals surface area (Å²) in [4.78, 5) is 16.4. The number of rotatable bonds is 2. The van der Waals surface area contributed by atoms with Crippen molar-refractivity contribution >= 4 is 5.97 Å². The summed E-state index contributed by atoms with van der Waals surface area (Å²) >= 11 is 0. The second kappa shape index (κ2) is 4.25. The van der Waals surface area contributed by atoms with Crippen molar-refractivity contribution < 1.29 is 23.1 Å². The van der Waals surface area contributed by atoms with Crippen molar-refractivity contribution in [2.45, 2.75) is 39.3 Å². The van der Waals surface area contributed by atoms with Crippen LogP contribution in [0.15, 0.2) is 0 Å². The number of carbonyl (C=O) groups excluding carboxylic acids is 1. The van der Waals surface area contributed by atoms with Gasteiger partial charge in [0.25, 0.3) is 5.92 Å². The Bertz CT molecular complexity index is 276. The molecule has 1 aliphatic rings. The zero-order valence-corrected chi connectivity index (χ0v) is 9.92. The van der Waals surface area contributed by atoms with Crippen molar-refractivity contribution in [2.75, 3.05) is 13.7 Å². The van der Waals surface area contributed by atoms with Crippen LogP contribution in [-0.2, 0) is 14.4 Å². The molecule has 1 saturated heterocycles. The molecular formula is C10H17F2NO3. The molecule has 1 fully saturated rings. The van der Waals surface area contributed by atoms with Crippen molar-refractivity contribution in [3.63, 3.8) is 0 Å². The van der Waals surface area contributed by atoms with Crippen molar-refractivity contribution in [2.24, 2.45) is 5.41 Å². The van der Waals surface area contributed by atoms with Gasteiger partial charge in [-0.25, -0.2) is 13.6 Å². The van der Waals surface area contributed by atoms with Crippen LogP contribution in [0.5, 0.6) is 0 Å². The molecular weight excluding hydrogens is 220 g/mol. The first-order valence-electron chi connectivity index (χ1n) is 5.05. The van der Waals surface area contributed by atoms with Gasteiger partial charge in [0.05, 0.1) is 11.8 Å². The van der Waals surface area contributed by atoms with Gasteiger partial charge in [0.2, 0.25) is 0 Å². The Morgan fingerprint density at radius 3 is 2.44 bits per heavy atom. The first kappa shape index (κ1) is 13.3. The summed E-state index contributed by atoms with van der Waals surface area (Å²) in [5.41, 5.74) is -0.726. The van der Waals surface area contributed by atoms with Crippen LogP contribution in [0.4, 0.5) is 8.78 Å². The van der Waals surface area contributed by atoms with Gasteiger partial charge < -0.3 is 9.57 Å². The Morgan fingerprint density at radius 2 is 2.00 bits per heavy atom. The van der Waals surface area contributed by atoms with E-state index in [0.717, 1.165) is 5.06 Å². The van der Waals surface area contributed by atoms with Crippen molar-refractivity contribution in [3.8, 4) is 0 Å². The maximum atomic E-state index is 13.1. The van der Waals surface area contributed by atoms with E-state index in [1.165, 1.54) is 7.11 Å². The number of alkyl halides is 2. The van der Waals surface area contributed by atoms with Crippen LogP contribution >= 0.6 is 0 Å². The fourth-order valence-electron chi connectivity index (χ4n) is 1.29. The number of nitrogens with zero attached hydrogens (tertiary/aromatic N) is 1. The molecule has 1 heterocycles. The van der Waals surface area contributed by atoms with Crippen molar-refractivity contribution in [1.82, 2.24) is 5.06 Å². The minimum Gasteiger partial charge on any atom is -0.365 e. The minimum atomic E-state index is -2.88. The molecule has 0 aromatic rings. The third-order valence-electron chi connectivity index (χ3n) is 2.27. The van der Waals surface area contributed by atoms with Crippen LogP contribution < -0.4 is 0 Å². The van der Waals surface area contributed by atoms with E-state index >= 15 is 0 Å². The second-order valence-electron chi connectivity index (χ2n) is 4.95. The third kappa shape index (κ3) is 3.12. The third-order valence-corrected chi connectivity index (χ3v) is 2.27.